The third kappa shape index (κ3) is 7.70. The van der Waals surface area contributed by atoms with Gasteiger partial charge in [-0.1, -0.05) is 26.0 Å². The van der Waals surface area contributed by atoms with E-state index in [2.05, 4.69) is 17.5 Å². The first kappa shape index (κ1) is 21.7. The van der Waals surface area contributed by atoms with Gasteiger partial charge in [0.05, 0.1) is 19.1 Å². The van der Waals surface area contributed by atoms with Gasteiger partial charge in [0.25, 0.3) is 0 Å². The van der Waals surface area contributed by atoms with E-state index in [1.165, 1.54) is 19.2 Å². The molecule has 0 aliphatic heterocycles. The second-order valence-corrected chi connectivity index (χ2v) is 6.24. The lowest BCUT2D eigenvalue weighted by Crippen LogP contribution is -2.38. The molecule has 2 rings (SSSR count). The number of rotatable bonds is 7. The Bertz CT molecular complexity index is 647. The van der Waals surface area contributed by atoms with Gasteiger partial charge < -0.3 is 10.5 Å². The van der Waals surface area contributed by atoms with Gasteiger partial charge in [-0.15, -0.1) is 8.02 Å². The molecule has 8 nitrogen and oxygen atoms in total. The molecule has 0 spiro atoms. The van der Waals surface area contributed by atoms with Crippen molar-refractivity contribution in [3.05, 3.63) is 35.6 Å². The second-order valence-electron chi connectivity index (χ2n) is 5.83. The van der Waals surface area contributed by atoms with Crippen LogP contribution in [0, 0.1) is 17.7 Å². The molecule has 26 heavy (non-hydrogen) atoms. The number of ether oxygens (including phenoxy) is 1. The lowest BCUT2D eigenvalue weighted by Gasteiger charge is -2.18. The Labute approximate surface area is 153 Å². The molecule has 0 aliphatic carbocycles. The highest BCUT2D eigenvalue weighted by Crippen LogP contribution is 2.17. The lowest BCUT2D eigenvalue weighted by atomic mass is 9.89. The summed E-state index contributed by atoms with van der Waals surface area (Å²) in [5.41, 5.74) is 6.59. The van der Waals surface area contributed by atoms with Crippen LogP contribution < -0.4 is 5.73 Å². The molecule has 2 aromatic rings. The van der Waals surface area contributed by atoms with Crippen LogP contribution in [0.15, 0.2) is 41.8 Å². The van der Waals surface area contributed by atoms with Gasteiger partial charge in [0.2, 0.25) is 0 Å². The monoisotopic (exact) mass is 391 g/mol. The molecule has 2 N–H and O–H groups in total. The van der Waals surface area contributed by atoms with Gasteiger partial charge in [-0.2, -0.15) is 0 Å². The molecule has 1 aromatic heterocycles. The summed E-state index contributed by atoms with van der Waals surface area (Å²) < 4.78 is 32.8. The minimum atomic E-state index is -0.599. The van der Waals surface area contributed by atoms with Crippen LogP contribution in [0.3, 0.4) is 0 Å². The molecule has 0 saturated heterocycles. The largest absolute Gasteiger partial charge is 0.469 e. The smallest absolute Gasteiger partial charge is 0.341 e. The van der Waals surface area contributed by atoms with Crippen molar-refractivity contribution < 1.29 is 36.2 Å². The topological polar surface area (TPSA) is 122 Å². The Hall–Kier alpha value is -2.33. The lowest BCUT2D eigenvalue weighted by molar-refractivity contribution is -0.241. The van der Waals surface area contributed by atoms with Crippen LogP contribution in [0.4, 0.5) is 4.39 Å². The second kappa shape index (κ2) is 11.3. The van der Waals surface area contributed by atoms with Gasteiger partial charge in [-0.3, -0.25) is 9.59 Å². The molecule has 0 amide bonds. The van der Waals surface area contributed by atoms with Crippen LogP contribution >= 0.6 is 11.9 Å². The summed E-state index contributed by atoms with van der Waals surface area (Å²) in [5, 5.41) is 0. The first-order chi connectivity index (χ1) is 12.3. The van der Waals surface area contributed by atoms with Crippen molar-refractivity contribution in [2.24, 2.45) is 17.6 Å². The molecule has 0 radical (unpaired) electrons. The summed E-state index contributed by atoms with van der Waals surface area (Å²) in [7, 11) is 1.28. The molecule has 10 heteroatoms. The van der Waals surface area contributed by atoms with Crippen LogP contribution in [-0.4, -0.2) is 24.9 Å². The van der Waals surface area contributed by atoms with Crippen molar-refractivity contribution in [3.8, 4) is 0 Å². The van der Waals surface area contributed by atoms with Crippen molar-refractivity contribution in [1.82, 2.24) is 0 Å². The zero-order valence-electron chi connectivity index (χ0n) is 14.7. The number of Topliss-reactive ketones (excluding diaryl/α,β-unsaturated/α-hetero) is 1. The van der Waals surface area contributed by atoms with E-state index in [4.69, 9.17) is 10.5 Å². The Morgan fingerprint density at radius 1 is 1.19 bits per heavy atom. The number of hydrogen-bond donors (Lipinski definition) is 1. The number of halogens is 1. The SMILES string of the molecule is COC(=O)[C@@H](CC(=O)[C@@H](N)C(C)C)Cc1ccc(F)cc1.o1ooso1. The Morgan fingerprint density at radius 3 is 2.19 bits per heavy atom. The number of carbonyl (C=O) groups excluding carboxylic acids is 2. The third-order valence-electron chi connectivity index (χ3n) is 3.61. The molecule has 0 aliphatic rings. The summed E-state index contributed by atoms with van der Waals surface area (Å²) >= 11 is 0.630. The number of methoxy groups -OCH3 is 1. The molecule has 2 atom stereocenters. The van der Waals surface area contributed by atoms with E-state index in [9.17, 15) is 14.0 Å². The van der Waals surface area contributed by atoms with E-state index in [0.29, 0.717) is 18.4 Å². The van der Waals surface area contributed by atoms with Gasteiger partial charge in [0.1, 0.15) is 5.82 Å². The number of hydrogen-bond acceptors (Lipinski definition) is 9. The van der Waals surface area contributed by atoms with E-state index in [-0.39, 0.29) is 23.9 Å². The van der Waals surface area contributed by atoms with E-state index >= 15 is 0 Å². The van der Waals surface area contributed by atoms with E-state index in [0.717, 1.165) is 5.56 Å². The molecular weight excluding hydrogens is 369 g/mol. The first-order valence-corrected chi connectivity index (χ1v) is 8.45. The van der Waals surface area contributed by atoms with Gasteiger partial charge in [0.15, 0.2) is 5.78 Å². The van der Waals surface area contributed by atoms with Crippen molar-refractivity contribution in [1.29, 1.82) is 0 Å². The summed E-state index contributed by atoms with van der Waals surface area (Å²) in [5.74, 6) is -1.54. The third-order valence-corrected chi connectivity index (χ3v) is 3.83. The maximum Gasteiger partial charge on any atom is 0.341 e. The van der Waals surface area contributed by atoms with Crippen LogP contribution in [0.2, 0.25) is 0 Å². The predicted octanol–water partition coefficient (Wildman–Crippen LogP) is 3.34. The molecule has 0 fully saturated rings. The van der Waals surface area contributed by atoms with Crippen molar-refractivity contribution in [2.45, 2.75) is 32.7 Å². The predicted molar refractivity (Wildman–Crippen MR) is 89.1 cm³/mol. The fourth-order valence-corrected chi connectivity index (χ4v) is 2.23. The maximum atomic E-state index is 12.9. The minimum absolute atomic E-state index is 0.0154. The van der Waals surface area contributed by atoms with Crippen LogP contribution in [0.25, 0.3) is 0 Å². The normalized spacial score (nSPS) is 12.7. The molecular formula is C16H22FNO7S. The zero-order valence-corrected chi connectivity index (χ0v) is 15.5. The van der Waals surface area contributed by atoms with Gasteiger partial charge >= 0.3 is 17.9 Å². The van der Waals surface area contributed by atoms with Crippen LogP contribution in [-0.2, 0) is 20.7 Å². The Morgan fingerprint density at radius 2 is 1.77 bits per heavy atom. The highest BCUT2D eigenvalue weighted by atomic mass is 32.1. The van der Waals surface area contributed by atoms with Gasteiger partial charge in [-0.25, -0.2) is 4.39 Å². The molecule has 1 aromatic carbocycles. The van der Waals surface area contributed by atoms with Crippen molar-refractivity contribution >= 4 is 23.7 Å². The quantitative estimate of drug-likeness (QED) is 0.563. The summed E-state index contributed by atoms with van der Waals surface area (Å²) in [6.45, 7) is 3.71. The Kier molecular flexibility index (Phi) is 9.45. The zero-order chi connectivity index (χ0) is 19.5. The van der Waals surface area contributed by atoms with Crippen molar-refractivity contribution in [2.75, 3.05) is 7.11 Å². The van der Waals surface area contributed by atoms with E-state index in [1.54, 1.807) is 12.1 Å². The summed E-state index contributed by atoms with van der Waals surface area (Å²) in [6.07, 6.45) is 0.354. The summed E-state index contributed by atoms with van der Waals surface area (Å²) in [6, 6.07) is 5.25. The van der Waals surface area contributed by atoms with Crippen LogP contribution in [0.5, 0.6) is 0 Å². The highest BCUT2D eigenvalue weighted by molar-refractivity contribution is 6.92. The van der Waals surface area contributed by atoms with E-state index < -0.39 is 17.9 Å². The summed E-state index contributed by atoms with van der Waals surface area (Å²) in [4.78, 5) is 23.9. The highest BCUT2D eigenvalue weighted by Gasteiger charge is 2.27. The Balaban J connectivity index is 0.000000577. The number of benzene rings is 1. The van der Waals surface area contributed by atoms with Crippen LogP contribution in [0.1, 0.15) is 25.8 Å². The average molecular weight is 391 g/mol. The fourth-order valence-electron chi connectivity index (χ4n) is 2.12. The number of nitrogens with two attached hydrogens (primary N) is 1. The maximum absolute atomic E-state index is 12.9. The van der Waals surface area contributed by atoms with Gasteiger partial charge in [0, 0.05) is 6.42 Å². The van der Waals surface area contributed by atoms with E-state index in [1.807, 2.05) is 13.8 Å². The number of ketones is 1. The molecule has 1 heterocycles. The standard InChI is InChI=1S/C16H22FNO3.O4S/c1-10(2)15(18)14(19)9-12(16(20)21-3)8-11-4-6-13(17)7-5-11;1-2-4-5-3-1/h4-7,10,12,15H,8-9,18H2,1-3H3;/t12-,15+;/m1./s1. The molecule has 0 bridgehead atoms. The number of carbonyl (C=O) groups is 2. The average Bonchev–Trinajstić information content (AvgIpc) is 3.21. The fraction of sp³-hybridized carbons (Fsp3) is 0.500. The first-order valence-electron chi connectivity index (χ1n) is 7.79. The molecule has 0 saturated carbocycles. The number of esters is 1. The van der Waals surface area contributed by atoms with Crippen molar-refractivity contribution in [3.63, 3.8) is 0 Å². The minimum Gasteiger partial charge on any atom is -0.469 e. The molecule has 146 valence electrons. The molecule has 0 unspecified atom stereocenters. The van der Waals surface area contributed by atoms with Gasteiger partial charge in [-0.05, 0) is 39.5 Å².